The number of aryl methyl sites for hydroxylation is 2. The number of nitrogens with zero attached hydrogens (tertiary/aromatic N) is 2. The first-order chi connectivity index (χ1) is 10.1. The Bertz CT molecular complexity index is 680. The van der Waals surface area contributed by atoms with Crippen molar-refractivity contribution < 1.29 is 4.74 Å². The third-order valence-corrected chi connectivity index (χ3v) is 4.78. The highest BCUT2D eigenvalue weighted by atomic mass is 32.1. The van der Waals surface area contributed by atoms with Crippen molar-refractivity contribution in [3.8, 4) is 0 Å². The zero-order valence-electron chi connectivity index (χ0n) is 12.3. The van der Waals surface area contributed by atoms with Crippen molar-refractivity contribution in [2.75, 3.05) is 19.8 Å². The van der Waals surface area contributed by atoms with Crippen LogP contribution in [0.5, 0.6) is 0 Å². The zero-order chi connectivity index (χ0) is 14.8. The molecule has 3 heterocycles. The van der Waals surface area contributed by atoms with Gasteiger partial charge < -0.3 is 9.72 Å². The molecule has 2 aromatic heterocycles. The second kappa shape index (κ2) is 6.09. The molecule has 5 nitrogen and oxygen atoms in total. The molecule has 21 heavy (non-hydrogen) atoms. The first-order valence-corrected chi connectivity index (χ1v) is 7.94. The fourth-order valence-electron chi connectivity index (χ4n) is 2.62. The molecule has 0 bridgehead atoms. The highest BCUT2D eigenvalue weighted by Gasteiger charge is 2.27. The molecule has 6 heteroatoms. The molecule has 0 aliphatic carbocycles. The van der Waals surface area contributed by atoms with Gasteiger partial charge in [-0.2, -0.15) is 0 Å². The lowest BCUT2D eigenvalue weighted by Gasteiger charge is -2.35. The number of nitrogens with one attached hydrogen (secondary N) is 1. The van der Waals surface area contributed by atoms with E-state index in [4.69, 9.17) is 4.74 Å². The molecule has 112 valence electrons. The minimum atomic E-state index is -0.102. The number of morpholine rings is 1. The monoisotopic (exact) mass is 305 g/mol. The van der Waals surface area contributed by atoms with Gasteiger partial charge >= 0.3 is 0 Å². The van der Waals surface area contributed by atoms with E-state index in [1.807, 2.05) is 6.92 Å². The van der Waals surface area contributed by atoms with Crippen LogP contribution in [0.25, 0.3) is 0 Å². The van der Waals surface area contributed by atoms with Gasteiger partial charge in [0.15, 0.2) is 0 Å². The summed E-state index contributed by atoms with van der Waals surface area (Å²) in [6, 6.07) is 3.77. The lowest BCUT2D eigenvalue weighted by Crippen LogP contribution is -2.40. The summed E-state index contributed by atoms with van der Waals surface area (Å²) < 4.78 is 5.61. The van der Waals surface area contributed by atoms with Crippen molar-refractivity contribution in [2.45, 2.75) is 26.4 Å². The number of H-pyrrole nitrogens is 1. The number of hydrogen-bond acceptors (Lipinski definition) is 5. The zero-order valence-corrected chi connectivity index (χ0v) is 13.1. The van der Waals surface area contributed by atoms with Gasteiger partial charge in [-0.05, 0) is 30.9 Å². The molecule has 0 unspecified atom stereocenters. The predicted molar refractivity (Wildman–Crippen MR) is 82.6 cm³/mol. The Balaban J connectivity index is 1.87. The number of aromatic nitrogens is 2. The van der Waals surface area contributed by atoms with E-state index in [1.165, 1.54) is 10.4 Å². The minimum absolute atomic E-state index is 0.0428. The lowest BCUT2D eigenvalue weighted by atomic mass is 10.1. The largest absolute Gasteiger partial charge is 0.378 e. The number of aromatic amines is 1. The molecule has 1 aliphatic rings. The Hall–Kier alpha value is -1.50. The molecule has 1 aliphatic heterocycles. The third kappa shape index (κ3) is 3.23. The van der Waals surface area contributed by atoms with E-state index in [2.05, 4.69) is 33.2 Å². The van der Waals surface area contributed by atoms with Crippen molar-refractivity contribution in [3.63, 3.8) is 0 Å². The van der Waals surface area contributed by atoms with Gasteiger partial charge in [0.05, 0.1) is 24.9 Å². The van der Waals surface area contributed by atoms with Crippen molar-refractivity contribution in [3.05, 3.63) is 49.8 Å². The van der Waals surface area contributed by atoms with Gasteiger partial charge in [0.1, 0.15) is 5.82 Å². The average Bonchev–Trinajstić information content (AvgIpc) is 2.84. The fourth-order valence-corrected chi connectivity index (χ4v) is 3.55. The quantitative estimate of drug-likeness (QED) is 0.942. The van der Waals surface area contributed by atoms with Crippen molar-refractivity contribution in [1.82, 2.24) is 14.9 Å². The Morgan fingerprint density at radius 2 is 2.38 bits per heavy atom. The molecular formula is C15H19N3O2S. The number of hydrogen-bond donors (Lipinski definition) is 1. The van der Waals surface area contributed by atoms with E-state index < -0.39 is 0 Å². The first-order valence-electron chi connectivity index (χ1n) is 7.06. The number of ether oxygens (including phenoxy) is 1. The molecule has 2 aromatic rings. The molecule has 1 N–H and O–H groups in total. The maximum atomic E-state index is 11.7. The molecule has 1 atom stereocenters. The third-order valence-electron chi connectivity index (χ3n) is 3.78. The lowest BCUT2D eigenvalue weighted by molar-refractivity contribution is -0.0140. The molecule has 0 amide bonds. The van der Waals surface area contributed by atoms with Crippen LogP contribution in [0.1, 0.15) is 28.0 Å². The van der Waals surface area contributed by atoms with Crippen LogP contribution in [-0.4, -0.2) is 34.6 Å². The summed E-state index contributed by atoms with van der Waals surface area (Å²) in [5.41, 5.74) is 2.01. The van der Waals surface area contributed by atoms with Gasteiger partial charge in [-0.15, -0.1) is 11.3 Å². The van der Waals surface area contributed by atoms with Crippen LogP contribution in [0.4, 0.5) is 0 Å². The summed E-state index contributed by atoms with van der Waals surface area (Å²) in [5, 5.41) is 2.12. The van der Waals surface area contributed by atoms with Crippen molar-refractivity contribution in [1.29, 1.82) is 0 Å². The van der Waals surface area contributed by atoms with E-state index in [0.717, 1.165) is 25.4 Å². The molecule has 0 radical (unpaired) electrons. The Kier molecular flexibility index (Phi) is 4.19. The Morgan fingerprint density at radius 1 is 1.52 bits per heavy atom. The highest BCUT2D eigenvalue weighted by molar-refractivity contribution is 7.10. The summed E-state index contributed by atoms with van der Waals surface area (Å²) in [5.74, 6) is 0.648. The van der Waals surface area contributed by atoms with Crippen molar-refractivity contribution in [2.24, 2.45) is 0 Å². The maximum Gasteiger partial charge on any atom is 0.251 e. The molecule has 0 aromatic carbocycles. The number of thiophene rings is 1. The van der Waals surface area contributed by atoms with Gasteiger partial charge in [0.2, 0.25) is 0 Å². The SMILES string of the molecule is Cc1nc([C@H]2COCCN2Cc2sccc2C)cc(=O)[nH]1. The number of rotatable bonds is 3. The second-order valence-electron chi connectivity index (χ2n) is 5.34. The molecule has 0 saturated carbocycles. The van der Waals surface area contributed by atoms with Gasteiger partial charge in [-0.25, -0.2) is 4.98 Å². The summed E-state index contributed by atoms with van der Waals surface area (Å²) in [7, 11) is 0. The topological polar surface area (TPSA) is 58.2 Å². The smallest absolute Gasteiger partial charge is 0.251 e. The Labute approximate surface area is 127 Å². The fraction of sp³-hybridized carbons (Fsp3) is 0.467. The van der Waals surface area contributed by atoms with Crippen molar-refractivity contribution >= 4 is 11.3 Å². The van der Waals surface area contributed by atoms with Crippen LogP contribution in [0, 0.1) is 13.8 Å². The van der Waals surface area contributed by atoms with E-state index in [-0.39, 0.29) is 11.6 Å². The van der Waals surface area contributed by atoms with E-state index >= 15 is 0 Å². The maximum absolute atomic E-state index is 11.7. The van der Waals surface area contributed by atoms with Gasteiger partial charge in [0, 0.05) is 24.0 Å². The average molecular weight is 305 g/mol. The van der Waals surface area contributed by atoms with Crippen LogP contribution in [0.2, 0.25) is 0 Å². The van der Waals surface area contributed by atoms with Crippen LogP contribution < -0.4 is 5.56 Å². The molecule has 1 fully saturated rings. The Morgan fingerprint density at radius 3 is 3.10 bits per heavy atom. The van der Waals surface area contributed by atoms with Crippen LogP contribution >= 0.6 is 11.3 Å². The standard InChI is InChI=1S/C15H19N3O2S/c1-10-3-6-21-14(10)8-18-4-5-20-9-13(18)12-7-15(19)17-11(2)16-12/h3,6-7,13H,4-5,8-9H2,1-2H3,(H,16,17,19)/t13-/m1/s1. The molecule has 3 rings (SSSR count). The van der Waals surface area contributed by atoms with Crippen LogP contribution in [0.3, 0.4) is 0 Å². The van der Waals surface area contributed by atoms with Gasteiger partial charge in [-0.3, -0.25) is 9.69 Å². The van der Waals surface area contributed by atoms with Gasteiger partial charge in [0.25, 0.3) is 5.56 Å². The van der Waals surface area contributed by atoms with Crippen LogP contribution in [0.15, 0.2) is 22.3 Å². The van der Waals surface area contributed by atoms with E-state index in [0.29, 0.717) is 12.4 Å². The second-order valence-corrected chi connectivity index (χ2v) is 6.34. The predicted octanol–water partition coefficient (Wildman–Crippen LogP) is 2.02. The summed E-state index contributed by atoms with van der Waals surface area (Å²) in [6.07, 6.45) is 0. The first kappa shape index (κ1) is 14.4. The summed E-state index contributed by atoms with van der Waals surface area (Å²) in [6.45, 7) is 6.99. The summed E-state index contributed by atoms with van der Waals surface area (Å²) in [4.78, 5) is 22.6. The molecule has 0 spiro atoms. The molecular weight excluding hydrogens is 286 g/mol. The minimum Gasteiger partial charge on any atom is -0.378 e. The van der Waals surface area contributed by atoms with E-state index in [9.17, 15) is 4.79 Å². The normalized spacial score (nSPS) is 19.8. The van der Waals surface area contributed by atoms with Gasteiger partial charge in [-0.1, -0.05) is 0 Å². The highest BCUT2D eigenvalue weighted by Crippen LogP contribution is 2.26. The van der Waals surface area contributed by atoms with Crippen LogP contribution in [-0.2, 0) is 11.3 Å². The van der Waals surface area contributed by atoms with E-state index in [1.54, 1.807) is 17.4 Å². The molecule has 1 saturated heterocycles. The summed E-state index contributed by atoms with van der Waals surface area (Å²) >= 11 is 1.78.